The summed E-state index contributed by atoms with van der Waals surface area (Å²) in [4.78, 5) is 52.4. The van der Waals surface area contributed by atoms with Crippen molar-refractivity contribution in [2.24, 2.45) is 11.5 Å². The fraction of sp³-hybridized carbons (Fsp3) is 0.826. The van der Waals surface area contributed by atoms with Crippen LogP contribution < -0.4 is 38.1 Å². The fourth-order valence-corrected chi connectivity index (χ4v) is 3.29. The van der Waals surface area contributed by atoms with Crippen molar-refractivity contribution >= 4 is 23.6 Å². The van der Waals surface area contributed by atoms with E-state index in [1.165, 1.54) is 0 Å². The molecule has 0 saturated heterocycles. The number of carbonyl (C=O) groups excluding carboxylic acids is 4. The van der Waals surface area contributed by atoms with E-state index in [-0.39, 0.29) is 36.5 Å². The molecule has 0 atom stereocenters. The van der Waals surface area contributed by atoms with Crippen LogP contribution in [-0.2, 0) is 19.2 Å². The first-order valence-electron chi connectivity index (χ1n) is 12.9. The third-order valence-corrected chi connectivity index (χ3v) is 5.36. The van der Waals surface area contributed by atoms with E-state index >= 15 is 0 Å². The van der Waals surface area contributed by atoms with Gasteiger partial charge in [-0.3, -0.25) is 19.2 Å². The molecule has 0 bridgehead atoms. The lowest BCUT2D eigenvalue weighted by molar-refractivity contribution is -0.123. The minimum absolute atomic E-state index is 0.0361. The van der Waals surface area contributed by atoms with Gasteiger partial charge in [-0.1, -0.05) is 0 Å². The molecule has 36 heavy (non-hydrogen) atoms. The summed E-state index contributed by atoms with van der Waals surface area (Å²) in [6.07, 6.45) is 1.23. The van der Waals surface area contributed by atoms with Crippen molar-refractivity contribution in [3.63, 3.8) is 0 Å². The quantitative estimate of drug-likeness (QED) is 0.0687. The summed E-state index contributed by atoms with van der Waals surface area (Å²) in [6.45, 7) is 8.45. The zero-order valence-corrected chi connectivity index (χ0v) is 22.2. The van der Waals surface area contributed by atoms with Crippen LogP contribution in [-0.4, -0.2) is 126 Å². The van der Waals surface area contributed by atoms with Crippen LogP contribution in [0.5, 0.6) is 0 Å². The number of amides is 4. The lowest BCUT2D eigenvalue weighted by atomic mass is 10.2. The molecule has 0 heterocycles. The number of likely N-dealkylation sites (N-methyl/N-ethyl adjacent to an activating group) is 1. The van der Waals surface area contributed by atoms with Gasteiger partial charge in [0.25, 0.3) is 0 Å². The van der Waals surface area contributed by atoms with E-state index in [1.807, 2.05) is 14.0 Å². The summed E-state index contributed by atoms with van der Waals surface area (Å²) in [6, 6.07) is 0. The number of hydrogen-bond acceptors (Lipinski definition) is 9. The number of hydrogen-bond donors (Lipinski definition) is 7. The molecule has 0 aromatic heterocycles. The Hall–Kier alpha value is -2.32. The van der Waals surface area contributed by atoms with Crippen LogP contribution >= 0.6 is 0 Å². The summed E-state index contributed by atoms with van der Waals surface area (Å²) >= 11 is 0. The first-order valence-corrected chi connectivity index (χ1v) is 12.9. The molecule has 9 N–H and O–H groups in total. The Morgan fingerprint density at radius 3 is 1.25 bits per heavy atom. The van der Waals surface area contributed by atoms with Crippen LogP contribution in [0.15, 0.2) is 0 Å². The second kappa shape index (κ2) is 23.1. The van der Waals surface area contributed by atoms with Crippen molar-refractivity contribution in [2.75, 3.05) is 92.1 Å². The van der Waals surface area contributed by atoms with Crippen molar-refractivity contribution in [2.45, 2.75) is 32.6 Å². The summed E-state index contributed by atoms with van der Waals surface area (Å²) < 4.78 is 0. The van der Waals surface area contributed by atoms with E-state index in [0.29, 0.717) is 97.9 Å². The van der Waals surface area contributed by atoms with Crippen LogP contribution in [0.3, 0.4) is 0 Å². The number of nitrogens with two attached hydrogens (primary N) is 2. The number of nitrogens with zero attached hydrogens (tertiary/aromatic N) is 2. The van der Waals surface area contributed by atoms with Gasteiger partial charge in [0, 0.05) is 111 Å². The van der Waals surface area contributed by atoms with Gasteiger partial charge in [0.05, 0.1) is 0 Å². The first-order chi connectivity index (χ1) is 17.4. The molecule has 0 spiro atoms. The van der Waals surface area contributed by atoms with E-state index < -0.39 is 0 Å². The molecule has 0 unspecified atom stereocenters. The number of carbonyl (C=O) groups is 4. The molecule has 0 aromatic carbocycles. The normalized spacial score (nSPS) is 10.9. The molecule has 0 aliphatic heterocycles. The zero-order valence-electron chi connectivity index (χ0n) is 22.2. The Labute approximate surface area is 215 Å². The maximum atomic E-state index is 12.2. The average molecular weight is 516 g/mol. The fourth-order valence-electron chi connectivity index (χ4n) is 3.29. The minimum Gasteiger partial charge on any atom is -0.356 e. The third kappa shape index (κ3) is 19.9. The average Bonchev–Trinajstić information content (AvgIpc) is 2.86. The van der Waals surface area contributed by atoms with Crippen molar-refractivity contribution in [3.8, 4) is 0 Å². The van der Waals surface area contributed by atoms with E-state index in [1.54, 1.807) is 0 Å². The third-order valence-electron chi connectivity index (χ3n) is 5.36. The lowest BCUT2D eigenvalue weighted by Crippen LogP contribution is -2.42. The molecule has 0 aliphatic rings. The molecule has 0 saturated carbocycles. The Balaban J connectivity index is 4.98. The van der Waals surface area contributed by atoms with Gasteiger partial charge >= 0.3 is 0 Å². The van der Waals surface area contributed by atoms with E-state index in [0.717, 1.165) is 0 Å². The molecule has 0 radical (unpaired) electrons. The minimum atomic E-state index is -0.0932. The van der Waals surface area contributed by atoms with E-state index in [4.69, 9.17) is 11.5 Å². The molecule has 0 aromatic rings. The first kappa shape index (κ1) is 33.7. The van der Waals surface area contributed by atoms with Crippen molar-refractivity contribution in [1.29, 1.82) is 0 Å². The van der Waals surface area contributed by atoms with Gasteiger partial charge < -0.3 is 47.9 Å². The molecule has 0 fully saturated rings. The highest BCUT2D eigenvalue weighted by molar-refractivity contribution is 5.77. The Bertz CT molecular complexity index is 598. The summed E-state index contributed by atoms with van der Waals surface area (Å²) in [5.74, 6) is -0.266. The van der Waals surface area contributed by atoms with Gasteiger partial charge in [0.2, 0.25) is 23.6 Å². The van der Waals surface area contributed by atoms with Crippen molar-refractivity contribution in [3.05, 3.63) is 0 Å². The number of rotatable bonds is 23. The van der Waals surface area contributed by atoms with Gasteiger partial charge in [-0.2, -0.15) is 0 Å². The predicted octanol–water partition coefficient (Wildman–Crippen LogP) is -3.23. The SMILES string of the molecule is CCNC(=O)CCN(CCC(=O)NCCNC)CCN(CCC(=O)NCCN)CCC(=O)NCCN. The van der Waals surface area contributed by atoms with Crippen LogP contribution in [0.2, 0.25) is 0 Å². The largest absolute Gasteiger partial charge is 0.356 e. The second-order valence-corrected chi connectivity index (χ2v) is 8.37. The van der Waals surface area contributed by atoms with Crippen LogP contribution in [0.4, 0.5) is 0 Å². The topological polar surface area (TPSA) is 187 Å². The van der Waals surface area contributed by atoms with Crippen molar-refractivity contribution < 1.29 is 19.2 Å². The second-order valence-electron chi connectivity index (χ2n) is 8.37. The Morgan fingerprint density at radius 2 is 0.917 bits per heavy atom. The maximum Gasteiger partial charge on any atom is 0.221 e. The highest BCUT2D eigenvalue weighted by Crippen LogP contribution is 2.01. The molecule has 0 aliphatic carbocycles. The molecule has 210 valence electrons. The van der Waals surface area contributed by atoms with Crippen LogP contribution in [0, 0.1) is 0 Å². The van der Waals surface area contributed by atoms with Gasteiger partial charge in [-0.15, -0.1) is 0 Å². The summed E-state index contributed by atoms with van der Waals surface area (Å²) in [5.41, 5.74) is 10.9. The Morgan fingerprint density at radius 1 is 0.556 bits per heavy atom. The summed E-state index contributed by atoms with van der Waals surface area (Å²) in [7, 11) is 1.82. The smallest absolute Gasteiger partial charge is 0.221 e. The van der Waals surface area contributed by atoms with E-state index in [9.17, 15) is 19.2 Å². The molecular formula is C23H49N9O4. The van der Waals surface area contributed by atoms with Gasteiger partial charge in [-0.25, -0.2) is 0 Å². The molecule has 13 nitrogen and oxygen atoms in total. The highest BCUT2D eigenvalue weighted by atomic mass is 16.2. The molecule has 13 heteroatoms. The predicted molar refractivity (Wildman–Crippen MR) is 141 cm³/mol. The van der Waals surface area contributed by atoms with Gasteiger partial charge in [0.1, 0.15) is 0 Å². The number of nitrogens with one attached hydrogen (secondary N) is 5. The van der Waals surface area contributed by atoms with Gasteiger partial charge in [-0.05, 0) is 14.0 Å². The Kier molecular flexibility index (Phi) is 21.6. The van der Waals surface area contributed by atoms with Crippen LogP contribution in [0.1, 0.15) is 32.6 Å². The monoisotopic (exact) mass is 515 g/mol. The van der Waals surface area contributed by atoms with E-state index in [2.05, 4.69) is 36.4 Å². The van der Waals surface area contributed by atoms with Crippen LogP contribution in [0.25, 0.3) is 0 Å². The highest BCUT2D eigenvalue weighted by Gasteiger charge is 2.15. The molecular weight excluding hydrogens is 466 g/mol. The molecule has 0 rings (SSSR count). The lowest BCUT2D eigenvalue weighted by Gasteiger charge is -2.27. The standard InChI is InChI=1S/C23H49N9O4/c1-3-27-20(33)4-14-31(17-7-23(36)30-13-12-26-2)18-19-32(15-5-21(34)28-10-8-24)16-6-22(35)29-11-9-25/h26H,3-19,24-25H2,1-2H3,(H,27,33)(H,28,34)(H,29,35)(H,30,36). The zero-order chi connectivity index (χ0) is 27.0. The maximum absolute atomic E-state index is 12.2. The summed E-state index contributed by atoms with van der Waals surface area (Å²) in [5, 5.41) is 14.2. The van der Waals surface area contributed by atoms with Gasteiger partial charge in [0.15, 0.2) is 0 Å². The molecule has 4 amide bonds. The van der Waals surface area contributed by atoms with Crippen molar-refractivity contribution in [1.82, 2.24) is 36.4 Å².